The van der Waals surface area contributed by atoms with Crippen molar-refractivity contribution >= 4 is 27.5 Å². The van der Waals surface area contributed by atoms with Crippen molar-refractivity contribution in [2.24, 2.45) is 5.92 Å². The van der Waals surface area contributed by atoms with Crippen molar-refractivity contribution in [2.45, 2.75) is 46.1 Å². The van der Waals surface area contributed by atoms with Crippen LogP contribution in [-0.2, 0) is 21.4 Å². The molecule has 0 spiro atoms. The highest BCUT2D eigenvalue weighted by Gasteiger charge is 2.30. The van der Waals surface area contributed by atoms with E-state index in [1.165, 1.54) is 4.31 Å². The summed E-state index contributed by atoms with van der Waals surface area (Å²) in [5.41, 5.74) is 3.10. The Kier molecular flexibility index (Phi) is 7.86. The van der Waals surface area contributed by atoms with Gasteiger partial charge in [0.15, 0.2) is 0 Å². The highest BCUT2D eigenvalue weighted by molar-refractivity contribution is 7.89. The van der Waals surface area contributed by atoms with Crippen molar-refractivity contribution in [3.63, 3.8) is 0 Å². The molecule has 2 rings (SSSR count). The minimum Gasteiger partial charge on any atom is -0.355 e. The normalized spacial score (nSPS) is 11.9. The smallest absolute Gasteiger partial charge is 0.244 e. The molecule has 0 saturated heterocycles. The van der Waals surface area contributed by atoms with Crippen molar-refractivity contribution in [2.75, 3.05) is 13.1 Å². The third-order valence-electron chi connectivity index (χ3n) is 4.50. The number of rotatable bonds is 8. The predicted molar refractivity (Wildman–Crippen MR) is 118 cm³/mol. The van der Waals surface area contributed by atoms with Crippen molar-refractivity contribution < 1.29 is 13.2 Å². The Bertz CT molecular complexity index is 947. The van der Waals surface area contributed by atoms with Crippen LogP contribution in [0.1, 0.15) is 36.1 Å². The third-order valence-corrected chi connectivity index (χ3v) is 6.85. The maximum atomic E-state index is 13.6. The second kappa shape index (κ2) is 9.74. The lowest BCUT2D eigenvalue weighted by Crippen LogP contribution is -2.41. The zero-order chi connectivity index (χ0) is 21.8. The molecule has 0 fully saturated rings. The van der Waals surface area contributed by atoms with E-state index in [1.807, 2.05) is 32.9 Å². The topological polar surface area (TPSA) is 66.5 Å². The second-order valence-electron chi connectivity index (χ2n) is 7.83. The quantitative estimate of drug-likeness (QED) is 0.673. The van der Waals surface area contributed by atoms with E-state index in [9.17, 15) is 13.2 Å². The lowest BCUT2D eigenvalue weighted by Gasteiger charge is -2.24. The molecule has 0 atom stereocenters. The second-order valence-corrected chi connectivity index (χ2v) is 10.1. The first-order chi connectivity index (χ1) is 13.5. The Balaban J connectivity index is 2.42. The predicted octanol–water partition coefficient (Wildman–Crippen LogP) is 4.23. The summed E-state index contributed by atoms with van der Waals surface area (Å²) in [5.74, 6) is -0.0412. The number of aryl methyl sites for hydroxylation is 3. The number of halogens is 1. The van der Waals surface area contributed by atoms with E-state index in [0.29, 0.717) is 22.7 Å². The highest BCUT2D eigenvalue weighted by Crippen LogP contribution is 2.26. The average molecular weight is 437 g/mol. The van der Waals surface area contributed by atoms with Crippen LogP contribution >= 0.6 is 11.6 Å². The minimum atomic E-state index is -3.88. The van der Waals surface area contributed by atoms with Gasteiger partial charge in [-0.3, -0.25) is 4.79 Å². The molecule has 1 N–H and O–H groups in total. The van der Waals surface area contributed by atoms with Crippen LogP contribution in [0, 0.1) is 26.7 Å². The number of nitrogens with zero attached hydrogens (tertiary/aromatic N) is 1. The van der Waals surface area contributed by atoms with Gasteiger partial charge < -0.3 is 5.32 Å². The number of carbonyl (C=O) groups is 1. The van der Waals surface area contributed by atoms with E-state index in [-0.39, 0.29) is 29.8 Å². The van der Waals surface area contributed by atoms with Gasteiger partial charge in [0, 0.05) is 18.1 Å². The standard InChI is InChI=1S/C22H29ClN2O3S/c1-15(2)12-24-21(26)14-25(13-19-6-8-20(23)9-7-19)29(27,28)22-17(4)10-16(3)11-18(22)5/h6-11,15H,12-14H2,1-5H3,(H,24,26). The molecular formula is C22H29ClN2O3S. The maximum absolute atomic E-state index is 13.6. The van der Waals surface area contributed by atoms with Crippen LogP contribution in [0.5, 0.6) is 0 Å². The van der Waals surface area contributed by atoms with E-state index < -0.39 is 10.0 Å². The summed E-state index contributed by atoms with van der Waals surface area (Å²) < 4.78 is 28.3. The zero-order valence-corrected chi connectivity index (χ0v) is 19.2. The number of carbonyl (C=O) groups excluding carboxylic acids is 1. The van der Waals surface area contributed by atoms with Crippen molar-refractivity contribution in [3.05, 3.63) is 63.7 Å². The van der Waals surface area contributed by atoms with Crippen molar-refractivity contribution in [1.29, 1.82) is 0 Å². The van der Waals surface area contributed by atoms with Gasteiger partial charge in [-0.15, -0.1) is 0 Å². The molecule has 2 aromatic carbocycles. The Morgan fingerprint density at radius 1 is 1.07 bits per heavy atom. The Hall–Kier alpha value is -1.89. The van der Waals surface area contributed by atoms with Gasteiger partial charge in [-0.25, -0.2) is 8.42 Å². The Morgan fingerprint density at radius 3 is 2.14 bits per heavy atom. The number of hydrogen-bond acceptors (Lipinski definition) is 3. The van der Waals surface area contributed by atoms with Crippen LogP contribution in [0.4, 0.5) is 0 Å². The van der Waals surface area contributed by atoms with Gasteiger partial charge >= 0.3 is 0 Å². The van der Waals surface area contributed by atoms with Crippen LogP contribution in [0.25, 0.3) is 0 Å². The summed E-state index contributed by atoms with van der Waals surface area (Å²) in [4.78, 5) is 12.7. The lowest BCUT2D eigenvalue weighted by molar-refractivity contribution is -0.121. The summed E-state index contributed by atoms with van der Waals surface area (Å²) in [7, 11) is -3.88. The summed E-state index contributed by atoms with van der Waals surface area (Å²) in [6.07, 6.45) is 0. The van der Waals surface area contributed by atoms with Crippen LogP contribution in [0.2, 0.25) is 5.02 Å². The lowest BCUT2D eigenvalue weighted by atomic mass is 10.1. The number of amides is 1. The van der Waals surface area contributed by atoms with Gasteiger partial charge in [0.1, 0.15) is 0 Å². The molecule has 29 heavy (non-hydrogen) atoms. The van der Waals surface area contributed by atoms with Gasteiger partial charge in [-0.2, -0.15) is 4.31 Å². The highest BCUT2D eigenvalue weighted by atomic mass is 35.5. The molecule has 2 aromatic rings. The summed E-state index contributed by atoms with van der Waals surface area (Å²) in [5, 5.41) is 3.38. The number of sulfonamides is 1. The molecule has 0 aliphatic heterocycles. The first kappa shape index (κ1) is 23.4. The summed E-state index contributed by atoms with van der Waals surface area (Å²) in [6.45, 7) is 9.81. The van der Waals surface area contributed by atoms with E-state index in [4.69, 9.17) is 11.6 Å². The maximum Gasteiger partial charge on any atom is 0.244 e. The van der Waals surface area contributed by atoms with E-state index in [2.05, 4.69) is 5.32 Å². The van der Waals surface area contributed by atoms with Gasteiger partial charge in [0.25, 0.3) is 0 Å². The fourth-order valence-corrected chi connectivity index (χ4v) is 5.18. The molecule has 0 aliphatic carbocycles. The number of nitrogens with one attached hydrogen (secondary N) is 1. The van der Waals surface area contributed by atoms with E-state index >= 15 is 0 Å². The van der Waals surface area contributed by atoms with E-state index in [1.54, 1.807) is 38.1 Å². The first-order valence-corrected chi connectivity index (χ1v) is 11.4. The molecule has 1 amide bonds. The molecular weight excluding hydrogens is 408 g/mol. The van der Waals surface area contributed by atoms with Crippen LogP contribution < -0.4 is 5.32 Å². The monoisotopic (exact) mass is 436 g/mol. The summed E-state index contributed by atoms with van der Waals surface area (Å²) in [6, 6.07) is 10.7. The van der Waals surface area contributed by atoms with Gasteiger partial charge in [0.2, 0.25) is 15.9 Å². The van der Waals surface area contributed by atoms with Crippen LogP contribution in [-0.4, -0.2) is 31.7 Å². The third kappa shape index (κ3) is 6.29. The van der Waals surface area contributed by atoms with Crippen LogP contribution in [0.15, 0.2) is 41.3 Å². The SMILES string of the molecule is Cc1cc(C)c(S(=O)(=O)N(CC(=O)NCC(C)C)Cc2ccc(Cl)cc2)c(C)c1. The molecule has 0 aromatic heterocycles. The number of hydrogen-bond donors (Lipinski definition) is 1. The fraction of sp³-hybridized carbons (Fsp3) is 0.409. The van der Waals surface area contributed by atoms with Gasteiger partial charge in [-0.1, -0.05) is 55.3 Å². The Labute approximate surface area is 179 Å². The number of benzene rings is 2. The minimum absolute atomic E-state index is 0.0847. The van der Waals surface area contributed by atoms with Crippen molar-refractivity contribution in [3.8, 4) is 0 Å². The zero-order valence-electron chi connectivity index (χ0n) is 17.6. The average Bonchev–Trinajstić information content (AvgIpc) is 2.60. The molecule has 158 valence electrons. The van der Waals surface area contributed by atoms with Gasteiger partial charge in [-0.05, 0) is 55.5 Å². The molecule has 7 heteroatoms. The summed E-state index contributed by atoms with van der Waals surface area (Å²) >= 11 is 5.95. The molecule has 0 unspecified atom stereocenters. The van der Waals surface area contributed by atoms with Crippen molar-refractivity contribution in [1.82, 2.24) is 9.62 Å². The molecule has 0 radical (unpaired) electrons. The molecule has 0 bridgehead atoms. The molecule has 0 heterocycles. The van der Waals surface area contributed by atoms with E-state index in [0.717, 1.165) is 11.1 Å². The molecule has 0 saturated carbocycles. The molecule has 5 nitrogen and oxygen atoms in total. The Morgan fingerprint density at radius 2 is 1.62 bits per heavy atom. The first-order valence-electron chi connectivity index (χ1n) is 9.60. The largest absolute Gasteiger partial charge is 0.355 e. The fourth-order valence-electron chi connectivity index (χ4n) is 3.26. The van der Waals surface area contributed by atoms with Gasteiger partial charge in [0.05, 0.1) is 11.4 Å². The van der Waals surface area contributed by atoms with Crippen LogP contribution in [0.3, 0.4) is 0 Å². The molecule has 0 aliphatic rings.